The third kappa shape index (κ3) is 7.20. The second kappa shape index (κ2) is 11.0. The van der Waals surface area contributed by atoms with Crippen molar-refractivity contribution >= 4 is 27.7 Å². The van der Waals surface area contributed by atoms with Gasteiger partial charge in [-0.3, -0.25) is 9.59 Å². The third-order valence-electron chi connectivity index (χ3n) is 4.54. The summed E-state index contributed by atoms with van der Waals surface area (Å²) >= 11 is 3.45. The first kappa shape index (κ1) is 22.9. The first-order valence-electron chi connectivity index (χ1n) is 9.78. The lowest BCUT2D eigenvalue weighted by atomic mass is 10.1. The molecule has 6 heteroatoms. The average Bonchev–Trinajstić information content (AvgIpc) is 2.71. The molecule has 29 heavy (non-hydrogen) atoms. The predicted octanol–water partition coefficient (Wildman–Crippen LogP) is 4.33. The van der Waals surface area contributed by atoms with Crippen LogP contribution in [0.25, 0.3) is 0 Å². The Hall–Kier alpha value is -2.34. The summed E-state index contributed by atoms with van der Waals surface area (Å²) in [6.07, 6.45) is 0. The van der Waals surface area contributed by atoms with Crippen LogP contribution in [0.3, 0.4) is 0 Å². The van der Waals surface area contributed by atoms with Crippen molar-refractivity contribution in [2.24, 2.45) is 5.92 Å². The van der Waals surface area contributed by atoms with E-state index in [4.69, 9.17) is 4.74 Å². The molecule has 2 aromatic rings. The second-order valence-corrected chi connectivity index (χ2v) is 8.38. The lowest BCUT2D eigenvalue weighted by Crippen LogP contribution is -2.49. The van der Waals surface area contributed by atoms with Crippen molar-refractivity contribution < 1.29 is 14.3 Å². The van der Waals surface area contributed by atoms with E-state index in [1.54, 1.807) is 11.8 Å². The number of hydrogen-bond donors (Lipinski definition) is 1. The van der Waals surface area contributed by atoms with Crippen molar-refractivity contribution in [3.63, 3.8) is 0 Å². The van der Waals surface area contributed by atoms with E-state index in [1.807, 2.05) is 69.3 Å². The molecule has 0 spiro atoms. The number of carbonyl (C=O) groups is 2. The van der Waals surface area contributed by atoms with Crippen molar-refractivity contribution in [3.8, 4) is 5.75 Å². The van der Waals surface area contributed by atoms with Crippen LogP contribution in [0.15, 0.2) is 53.0 Å². The molecule has 0 fully saturated rings. The average molecular weight is 461 g/mol. The van der Waals surface area contributed by atoms with E-state index in [0.29, 0.717) is 24.8 Å². The summed E-state index contributed by atoms with van der Waals surface area (Å²) in [6, 6.07) is 14.6. The molecule has 0 aromatic heterocycles. The smallest absolute Gasteiger partial charge is 0.261 e. The topological polar surface area (TPSA) is 58.6 Å². The van der Waals surface area contributed by atoms with Gasteiger partial charge in [-0.2, -0.15) is 0 Å². The van der Waals surface area contributed by atoms with Crippen LogP contribution < -0.4 is 10.1 Å². The number of aryl methyl sites for hydroxylation is 1. The quantitative estimate of drug-likeness (QED) is 0.605. The van der Waals surface area contributed by atoms with Gasteiger partial charge in [0.15, 0.2) is 6.61 Å². The SMILES string of the molecule is Cc1cc(OCC(=O)N(Cc2ccccc2)[C@H](C)C(=O)NCC(C)C)ccc1Br. The van der Waals surface area contributed by atoms with Crippen LogP contribution in [0.5, 0.6) is 5.75 Å². The highest BCUT2D eigenvalue weighted by molar-refractivity contribution is 9.10. The molecule has 0 saturated heterocycles. The number of carbonyl (C=O) groups excluding carboxylic acids is 2. The van der Waals surface area contributed by atoms with Crippen LogP contribution in [0, 0.1) is 12.8 Å². The Morgan fingerprint density at radius 2 is 1.79 bits per heavy atom. The number of nitrogens with zero attached hydrogens (tertiary/aromatic N) is 1. The van der Waals surface area contributed by atoms with E-state index in [1.165, 1.54) is 0 Å². The number of hydrogen-bond acceptors (Lipinski definition) is 3. The van der Waals surface area contributed by atoms with Gasteiger partial charge >= 0.3 is 0 Å². The fraction of sp³-hybridized carbons (Fsp3) is 0.391. The van der Waals surface area contributed by atoms with Crippen molar-refractivity contribution in [2.75, 3.05) is 13.2 Å². The van der Waals surface area contributed by atoms with Crippen LogP contribution >= 0.6 is 15.9 Å². The van der Waals surface area contributed by atoms with Crippen LogP contribution in [0.1, 0.15) is 31.9 Å². The summed E-state index contributed by atoms with van der Waals surface area (Å²) < 4.78 is 6.69. The fourth-order valence-electron chi connectivity index (χ4n) is 2.75. The van der Waals surface area contributed by atoms with Crippen molar-refractivity contribution in [3.05, 3.63) is 64.1 Å². The van der Waals surface area contributed by atoms with Gasteiger partial charge in [-0.05, 0) is 49.1 Å². The van der Waals surface area contributed by atoms with Gasteiger partial charge in [-0.25, -0.2) is 0 Å². The molecule has 1 atom stereocenters. The summed E-state index contributed by atoms with van der Waals surface area (Å²) in [5, 5.41) is 2.91. The monoisotopic (exact) mass is 460 g/mol. The van der Waals surface area contributed by atoms with Crippen molar-refractivity contribution in [1.82, 2.24) is 10.2 Å². The maximum atomic E-state index is 13.0. The first-order valence-corrected chi connectivity index (χ1v) is 10.6. The van der Waals surface area contributed by atoms with E-state index >= 15 is 0 Å². The van der Waals surface area contributed by atoms with Crippen LogP contribution in [-0.2, 0) is 16.1 Å². The molecule has 2 aromatic carbocycles. The van der Waals surface area contributed by atoms with Gasteiger partial charge in [0.2, 0.25) is 5.91 Å². The highest BCUT2D eigenvalue weighted by Gasteiger charge is 2.26. The van der Waals surface area contributed by atoms with Gasteiger partial charge in [0.05, 0.1) is 0 Å². The zero-order valence-electron chi connectivity index (χ0n) is 17.4. The second-order valence-electron chi connectivity index (χ2n) is 7.52. The van der Waals surface area contributed by atoms with E-state index in [9.17, 15) is 9.59 Å². The van der Waals surface area contributed by atoms with Crippen LogP contribution in [0.4, 0.5) is 0 Å². The molecular formula is C23H29BrN2O3. The Morgan fingerprint density at radius 3 is 2.41 bits per heavy atom. The number of nitrogens with one attached hydrogen (secondary N) is 1. The predicted molar refractivity (Wildman–Crippen MR) is 119 cm³/mol. The Bertz CT molecular complexity index is 824. The van der Waals surface area contributed by atoms with E-state index in [-0.39, 0.29) is 18.4 Å². The number of rotatable bonds is 9. The van der Waals surface area contributed by atoms with Crippen LogP contribution in [-0.4, -0.2) is 35.9 Å². The summed E-state index contributed by atoms with van der Waals surface area (Å²) in [4.78, 5) is 27.1. The number of halogens is 1. The minimum absolute atomic E-state index is 0.129. The van der Waals surface area contributed by atoms with Crippen molar-refractivity contribution in [2.45, 2.75) is 40.3 Å². The first-order chi connectivity index (χ1) is 13.8. The number of ether oxygens (including phenoxy) is 1. The summed E-state index contributed by atoms with van der Waals surface area (Å²) in [5.41, 5.74) is 1.99. The maximum Gasteiger partial charge on any atom is 0.261 e. The van der Waals surface area contributed by atoms with Crippen molar-refractivity contribution in [1.29, 1.82) is 0 Å². The molecule has 0 aliphatic heterocycles. The Balaban J connectivity index is 2.10. The van der Waals surface area contributed by atoms with Gasteiger partial charge in [-0.1, -0.05) is 60.1 Å². The number of benzene rings is 2. The van der Waals surface area contributed by atoms with Gasteiger partial charge in [0.1, 0.15) is 11.8 Å². The molecule has 0 heterocycles. The minimum atomic E-state index is -0.600. The molecule has 0 aliphatic rings. The molecular weight excluding hydrogens is 432 g/mol. The molecule has 5 nitrogen and oxygen atoms in total. The van der Waals surface area contributed by atoms with Crippen LogP contribution in [0.2, 0.25) is 0 Å². The summed E-state index contributed by atoms with van der Waals surface area (Å²) in [5.74, 6) is 0.563. The third-order valence-corrected chi connectivity index (χ3v) is 5.43. The van der Waals surface area contributed by atoms with E-state index in [0.717, 1.165) is 15.6 Å². The minimum Gasteiger partial charge on any atom is -0.484 e. The van der Waals surface area contributed by atoms with Gasteiger partial charge < -0.3 is 15.0 Å². The molecule has 0 unspecified atom stereocenters. The van der Waals surface area contributed by atoms with Gasteiger partial charge in [0, 0.05) is 17.6 Å². The zero-order chi connectivity index (χ0) is 21.4. The molecule has 1 N–H and O–H groups in total. The summed E-state index contributed by atoms with van der Waals surface area (Å²) in [6.45, 7) is 8.57. The molecule has 0 aliphatic carbocycles. The molecule has 0 bridgehead atoms. The summed E-state index contributed by atoms with van der Waals surface area (Å²) in [7, 11) is 0. The highest BCUT2D eigenvalue weighted by Crippen LogP contribution is 2.21. The van der Waals surface area contributed by atoms with E-state index in [2.05, 4.69) is 21.2 Å². The Labute approximate surface area is 181 Å². The van der Waals surface area contributed by atoms with Gasteiger partial charge in [-0.15, -0.1) is 0 Å². The lowest BCUT2D eigenvalue weighted by Gasteiger charge is -2.29. The van der Waals surface area contributed by atoms with E-state index < -0.39 is 6.04 Å². The standard InChI is InChI=1S/C23H29BrN2O3/c1-16(2)13-25-23(28)18(4)26(14-19-8-6-5-7-9-19)22(27)15-29-20-10-11-21(24)17(3)12-20/h5-12,16,18H,13-15H2,1-4H3,(H,25,28)/t18-/m1/s1. The zero-order valence-corrected chi connectivity index (χ0v) is 19.0. The Morgan fingerprint density at radius 1 is 1.10 bits per heavy atom. The molecule has 2 amide bonds. The lowest BCUT2D eigenvalue weighted by molar-refractivity contribution is -0.142. The Kier molecular flexibility index (Phi) is 8.70. The molecule has 0 radical (unpaired) electrons. The molecule has 2 rings (SSSR count). The fourth-order valence-corrected chi connectivity index (χ4v) is 3.00. The normalized spacial score (nSPS) is 11.8. The largest absolute Gasteiger partial charge is 0.484 e. The molecule has 0 saturated carbocycles. The molecule has 156 valence electrons. The maximum absolute atomic E-state index is 13.0. The number of amides is 2. The highest BCUT2D eigenvalue weighted by atomic mass is 79.9. The van der Waals surface area contributed by atoms with Gasteiger partial charge in [0.25, 0.3) is 5.91 Å².